The molecule has 0 radical (unpaired) electrons. The van der Waals surface area contributed by atoms with Crippen molar-refractivity contribution >= 4 is 41.7 Å². The third kappa shape index (κ3) is 6.15. The average Bonchev–Trinajstić information content (AvgIpc) is 3.19. The molecule has 0 unspecified atom stereocenters. The molecule has 1 heterocycles. The van der Waals surface area contributed by atoms with Crippen LogP contribution in [-0.2, 0) is 6.54 Å². The Labute approximate surface area is 185 Å². The number of hydrogen-bond acceptors (Lipinski definition) is 4. The van der Waals surface area contributed by atoms with Crippen LogP contribution in [0.15, 0.2) is 29.3 Å². The zero-order valence-corrected chi connectivity index (χ0v) is 19.6. The van der Waals surface area contributed by atoms with Crippen LogP contribution in [0.25, 0.3) is 0 Å². The number of nitrogens with one attached hydrogen (secondary N) is 2. The lowest BCUT2D eigenvalue weighted by Crippen LogP contribution is -2.57. The van der Waals surface area contributed by atoms with Crippen LogP contribution in [-0.4, -0.2) is 61.7 Å². The van der Waals surface area contributed by atoms with Gasteiger partial charge in [0.25, 0.3) is 0 Å². The molecule has 0 bridgehead atoms. The molecule has 0 aromatic heterocycles. The van der Waals surface area contributed by atoms with E-state index in [1.807, 2.05) is 19.2 Å². The minimum atomic E-state index is 0. The lowest BCUT2D eigenvalue weighted by molar-refractivity contribution is 0.107. The minimum Gasteiger partial charge on any atom is -0.497 e. The Balaban J connectivity index is 0.00000261. The molecule has 27 heavy (non-hydrogen) atoms. The zero-order chi connectivity index (χ0) is 18.2. The third-order valence-electron chi connectivity index (χ3n) is 5.62. The Morgan fingerprint density at radius 1 is 1.22 bits per heavy atom. The molecule has 7 heteroatoms. The molecule has 2 N–H and O–H groups in total. The first-order valence-electron chi connectivity index (χ1n) is 9.66. The number of aliphatic imine (C=N–C) groups is 1. The highest BCUT2D eigenvalue weighted by Gasteiger charge is 2.39. The van der Waals surface area contributed by atoms with E-state index in [-0.39, 0.29) is 24.0 Å². The van der Waals surface area contributed by atoms with Crippen molar-refractivity contribution < 1.29 is 4.74 Å². The second-order valence-electron chi connectivity index (χ2n) is 7.16. The molecule has 1 aromatic rings. The molecule has 1 aliphatic heterocycles. The smallest absolute Gasteiger partial charge is 0.191 e. The van der Waals surface area contributed by atoms with Gasteiger partial charge < -0.3 is 15.4 Å². The van der Waals surface area contributed by atoms with E-state index >= 15 is 0 Å². The topological polar surface area (TPSA) is 48.9 Å². The summed E-state index contributed by atoms with van der Waals surface area (Å²) in [6.07, 6.45) is 5.30. The summed E-state index contributed by atoms with van der Waals surface area (Å²) in [5.41, 5.74) is 1.50. The Morgan fingerprint density at radius 3 is 2.63 bits per heavy atom. The Hall–Kier alpha value is -0.670. The van der Waals surface area contributed by atoms with Crippen LogP contribution in [0.1, 0.15) is 31.2 Å². The molecule has 0 spiro atoms. The van der Waals surface area contributed by atoms with Gasteiger partial charge in [-0.15, -0.1) is 24.0 Å². The van der Waals surface area contributed by atoms with Gasteiger partial charge in [-0.2, -0.15) is 11.8 Å². The van der Waals surface area contributed by atoms with Crippen molar-refractivity contribution in [3.8, 4) is 5.75 Å². The number of methoxy groups -OCH3 is 1. The highest BCUT2D eigenvalue weighted by molar-refractivity contribution is 14.0. The van der Waals surface area contributed by atoms with Crippen molar-refractivity contribution in [2.24, 2.45) is 4.99 Å². The molecular formula is C20H33IN4OS. The zero-order valence-electron chi connectivity index (χ0n) is 16.5. The lowest BCUT2D eigenvalue weighted by atomic mass is 9.94. The van der Waals surface area contributed by atoms with Crippen molar-refractivity contribution in [3.63, 3.8) is 0 Å². The largest absolute Gasteiger partial charge is 0.497 e. The van der Waals surface area contributed by atoms with Crippen LogP contribution in [0.3, 0.4) is 0 Å². The molecule has 152 valence electrons. The second-order valence-corrected chi connectivity index (χ2v) is 8.39. The fraction of sp³-hybridized carbons (Fsp3) is 0.650. The van der Waals surface area contributed by atoms with Gasteiger partial charge in [0, 0.05) is 50.3 Å². The Bertz CT molecular complexity index is 601. The summed E-state index contributed by atoms with van der Waals surface area (Å²) in [6.45, 7) is 4.17. The fourth-order valence-corrected chi connectivity index (χ4v) is 5.02. The van der Waals surface area contributed by atoms with Gasteiger partial charge in [-0.3, -0.25) is 9.89 Å². The van der Waals surface area contributed by atoms with Crippen molar-refractivity contribution in [3.05, 3.63) is 29.8 Å². The Morgan fingerprint density at radius 2 is 1.96 bits per heavy atom. The van der Waals surface area contributed by atoms with Gasteiger partial charge in [-0.05, 0) is 30.5 Å². The van der Waals surface area contributed by atoms with E-state index in [4.69, 9.17) is 4.74 Å². The van der Waals surface area contributed by atoms with Crippen LogP contribution >= 0.6 is 35.7 Å². The molecule has 1 saturated heterocycles. The summed E-state index contributed by atoms with van der Waals surface area (Å²) >= 11 is 2.09. The van der Waals surface area contributed by atoms with Crippen LogP contribution in [0.2, 0.25) is 0 Å². The van der Waals surface area contributed by atoms with Crippen LogP contribution < -0.4 is 15.4 Å². The normalized spacial score (nSPS) is 20.0. The maximum absolute atomic E-state index is 5.30. The highest BCUT2D eigenvalue weighted by Crippen LogP contribution is 2.36. The van der Waals surface area contributed by atoms with Crippen molar-refractivity contribution in [2.75, 3.05) is 45.3 Å². The minimum absolute atomic E-state index is 0. The molecule has 5 nitrogen and oxygen atoms in total. The maximum atomic E-state index is 5.30. The summed E-state index contributed by atoms with van der Waals surface area (Å²) in [4.78, 5) is 7.16. The number of halogens is 1. The van der Waals surface area contributed by atoms with Crippen molar-refractivity contribution in [1.29, 1.82) is 0 Å². The van der Waals surface area contributed by atoms with Gasteiger partial charge in [-0.1, -0.05) is 25.0 Å². The maximum Gasteiger partial charge on any atom is 0.191 e. The van der Waals surface area contributed by atoms with E-state index in [1.165, 1.54) is 55.8 Å². The molecule has 1 aliphatic carbocycles. The van der Waals surface area contributed by atoms with E-state index in [0.717, 1.165) is 24.8 Å². The SMILES string of the molecule is CN=C(NCc1cccc(OC)c1)NCC1(N2CCSCC2)CCCC1.I. The number of hydrogen-bond donors (Lipinski definition) is 2. The van der Waals surface area contributed by atoms with E-state index < -0.39 is 0 Å². The molecule has 1 saturated carbocycles. The highest BCUT2D eigenvalue weighted by atomic mass is 127. The number of benzene rings is 1. The summed E-state index contributed by atoms with van der Waals surface area (Å²) in [5.74, 6) is 4.31. The first-order chi connectivity index (χ1) is 12.8. The molecule has 3 rings (SSSR count). The van der Waals surface area contributed by atoms with E-state index in [9.17, 15) is 0 Å². The van der Waals surface area contributed by atoms with Crippen LogP contribution in [0.4, 0.5) is 0 Å². The molecule has 2 aliphatic rings. The van der Waals surface area contributed by atoms with E-state index in [0.29, 0.717) is 5.54 Å². The van der Waals surface area contributed by atoms with Crippen LogP contribution in [0.5, 0.6) is 5.75 Å². The molecule has 1 aromatic carbocycles. The summed E-state index contributed by atoms with van der Waals surface area (Å²) in [5, 5.41) is 7.05. The molecular weight excluding hydrogens is 471 g/mol. The Kier molecular flexibility index (Phi) is 9.52. The number of guanidine groups is 1. The molecule has 0 atom stereocenters. The quantitative estimate of drug-likeness (QED) is 0.354. The van der Waals surface area contributed by atoms with Gasteiger partial charge in [0.15, 0.2) is 5.96 Å². The third-order valence-corrected chi connectivity index (χ3v) is 6.56. The van der Waals surface area contributed by atoms with Gasteiger partial charge in [0.2, 0.25) is 0 Å². The predicted molar refractivity (Wildman–Crippen MR) is 127 cm³/mol. The number of thioether (sulfide) groups is 1. The fourth-order valence-electron chi connectivity index (χ4n) is 4.11. The lowest BCUT2D eigenvalue weighted by Gasteiger charge is -2.43. The molecule has 2 fully saturated rings. The monoisotopic (exact) mass is 504 g/mol. The number of ether oxygens (including phenoxy) is 1. The van der Waals surface area contributed by atoms with Gasteiger partial charge in [-0.25, -0.2) is 0 Å². The molecule has 0 amide bonds. The van der Waals surface area contributed by atoms with E-state index in [1.54, 1.807) is 7.11 Å². The van der Waals surface area contributed by atoms with Crippen molar-refractivity contribution in [2.45, 2.75) is 37.8 Å². The second kappa shape index (κ2) is 11.4. The first-order valence-corrected chi connectivity index (χ1v) is 10.8. The predicted octanol–water partition coefficient (Wildman–Crippen LogP) is 3.34. The number of rotatable bonds is 6. The average molecular weight is 504 g/mol. The number of nitrogens with zero attached hydrogens (tertiary/aromatic N) is 2. The van der Waals surface area contributed by atoms with Crippen molar-refractivity contribution in [1.82, 2.24) is 15.5 Å². The summed E-state index contributed by atoms with van der Waals surface area (Å²) in [6, 6.07) is 8.15. The van der Waals surface area contributed by atoms with Gasteiger partial charge in [0.05, 0.1) is 7.11 Å². The first kappa shape index (κ1) is 22.6. The van der Waals surface area contributed by atoms with Gasteiger partial charge >= 0.3 is 0 Å². The van der Waals surface area contributed by atoms with Crippen LogP contribution in [0, 0.1) is 0 Å². The van der Waals surface area contributed by atoms with Gasteiger partial charge in [0.1, 0.15) is 5.75 Å². The van der Waals surface area contributed by atoms with E-state index in [2.05, 4.69) is 44.4 Å². The summed E-state index contributed by atoms with van der Waals surface area (Å²) < 4.78 is 5.30. The summed E-state index contributed by atoms with van der Waals surface area (Å²) in [7, 11) is 3.55. The standard InChI is InChI=1S/C20H32N4OS.HI/c1-21-19(22-15-17-6-5-7-18(14-17)25-2)23-16-20(8-3-4-9-20)24-10-12-26-13-11-24;/h5-7,14H,3-4,8-13,15-16H2,1-2H3,(H2,21,22,23);1H.